The first-order chi connectivity index (χ1) is 17.5. The highest BCUT2D eigenvalue weighted by molar-refractivity contribution is 5.98. The molecule has 10 nitrogen and oxygen atoms in total. The van der Waals surface area contributed by atoms with Crippen molar-refractivity contribution in [3.63, 3.8) is 0 Å². The fourth-order valence-electron chi connectivity index (χ4n) is 3.10. The minimum Gasteiger partial charge on any atom is -0.497 e. The number of benzene rings is 3. The van der Waals surface area contributed by atoms with Gasteiger partial charge in [-0.05, 0) is 60.7 Å². The highest BCUT2D eigenvalue weighted by Crippen LogP contribution is 2.23. The molecule has 36 heavy (non-hydrogen) atoms. The molecule has 0 fully saturated rings. The van der Waals surface area contributed by atoms with E-state index in [2.05, 4.69) is 21.1 Å². The summed E-state index contributed by atoms with van der Waals surface area (Å²) in [6.45, 7) is 0. The number of methoxy groups -OCH3 is 4. The van der Waals surface area contributed by atoms with E-state index in [9.17, 15) is 9.59 Å². The van der Waals surface area contributed by atoms with Gasteiger partial charge in [-0.2, -0.15) is 10.2 Å². The number of hydrogen-bond donors (Lipinski definition) is 2. The lowest BCUT2D eigenvalue weighted by molar-refractivity contribution is 0.0943. The summed E-state index contributed by atoms with van der Waals surface area (Å²) in [5.41, 5.74) is 6.81. The predicted molar refractivity (Wildman–Crippen MR) is 136 cm³/mol. The van der Waals surface area contributed by atoms with E-state index in [1.54, 1.807) is 50.6 Å². The molecule has 0 atom stereocenters. The highest BCUT2D eigenvalue weighted by atomic mass is 16.5. The summed E-state index contributed by atoms with van der Waals surface area (Å²) in [7, 11) is 6.18. The second kappa shape index (κ2) is 12.6. The zero-order chi connectivity index (χ0) is 25.9. The minimum absolute atomic E-state index is 0.325. The SMILES string of the molecule is COc1ccc(OC)c(/C=N/NC(=O)c2ccc(C(=O)N/N=C/c3cc(OC)ccc3OC)cc2)c1. The van der Waals surface area contributed by atoms with Crippen molar-refractivity contribution in [1.29, 1.82) is 0 Å². The summed E-state index contributed by atoms with van der Waals surface area (Å²) in [6, 6.07) is 16.5. The molecule has 0 saturated heterocycles. The summed E-state index contributed by atoms with van der Waals surface area (Å²) >= 11 is 0. The van der Waals surface area contributed by atoms with Crippen LogP contribution in [0.4, 0.5) is 0 Å². The lowest BCUT2D eigenvalue weighted by Crippen LogP contribution is -2.19. The maximum absolute atomic E-state index is 12.4. The van der Waals surface area contributed by atoms with Gasteiger partial charge >= 0.3 is 0 Å². The first kappa shape index (κ1) is 25.8. The fourth-order valence-corrected chi connectivity index (χ4v) is 3.10. The Bertz CT molecular complexity index is 1170. The van der Waals surface area contributed by atoms with E-state index in [-0.39, 0.29) is 0 Å². The Hall–Kier alpha value is -4.86. The molecule has 0 heterocycles. The van der Waals surface area contributed by atoms with Crippen LogP contribution < -0.4 is 29.8 Å². The van der Waals surface area contributed by atoms with Crippen molar-refractivity contribution < 1.29 is 28.5 Å². The second-order valence-electron chi connectivity index (χ2n) is 7.19. The van der Waals surface area contributed by atoms with E-state index in [0.717, 1.165) is 0 Å². The van der Waals surface area contributed by atoms with Crippen molar-refractivity contribution in [3.05, 3.63) is 82.9 Å². The van der Waals surface area contributed by atoms with E-state index in [1.807, 2.05) is 0 Å². The average Bonchev–Trinajstić information content (AvgIpc) is 2.92. The molecule has 0 bridgehead atoms. The van der Waals surface area contributed by atoms with Crippen molar-refractivity contribution in [3.8, 4) is 23.0 Å². The molecule has 3 aromatic carbocycles. The molecule has 0 unspecified atom stereocenters. The quantitative estimate of drug-likeness (QED) is 0.333. The molecule has 0 saturated carbocycles. The highest BCUT2D eigenvalue weighted by Gasteiger charge is 2.09. The maximum atomic E-state index is 12.4. The van der Waals surface area contributed by atoms with E-state index < -0.39 is 11.8 Å². The minimum atomic E-state index is -0.441. The largest absolute Gasteiger partial charge is 0.497 e. The molecule has 186 valence electrons. The third-order valence-electron chi connectivity index (χ3n) is 5.02. The standard InChI is InChI=1S/C26H26N4O6/c1-33-21-9-11-23(35-3)19(13-21)15-27-29-25(31)17-5-7-18(8-6-17)26(32)30-28-16-20-14-22(34-2)10-12-24(20)36-4/h5-16H,1-4H3,(H,29,31)(H,30,32)/b27-15+,28-16+. The summed E-state index contributed by atoms with van der Waals surface area (Å²) in [5.74, 6) is 1.54. The van der Waals surface area contributed by atoms with E-state index in [4.69, 9.17) is 18.9 Å². The van der Waals surface area contributed by atoms with Gasteiger partial charge in [-0.25, -0.2) is 10.9 Å². The van der Waals surface area contributed by atoms with Gasteiger partial charge in [0, 0.05) is 22.3 Å². The van der Waals surface area contributed by atoms with Gasteiger partial charge in [-0.1, -0.05) is 0 Å². The van der Waals surface area contributed by atoms with Crippen LogP contribution in [0.25, 0.3) is 0 Å². The third kappa shape index (κ3) is 6.60. The Morgan fingerprint density at radius 3 is 1.33 bits per heavy atom. The van der Waals surface area contributed by atoms with Gasteiger partial charge in [0.2, 0.25) is 0 Å². The molecule has 0 aromatic heterocycles. The van der Waals surface area contributed by atoms with Gasteiger partial charge < -0.3 is 18.9 Å². The van der Waals surface area contributed by atoms with Crippen molar-refractivity contribution in [2.45, 2.75) is 0 Å². The molecule has 0 spiro atoms. The topological polar surface area (TPSA) is 120 Å². The Morgan fingerprint density at radius 2 is 1.00 bits per heavy atom. The molecular formula is C26H26N4O6. The Morgan fingerprint density at radius 1 is 0.611 bits per heavy atom. The molecule has 0 aliphatic heterocycles. The van der Waals surface area contributed by atoms with Crippen LogP contribution in [0.15, 0.2) is 70.9 Å². The van der Waals surface area contributed by atoms with Crippen molar-refractivity contribution in [1.82, 2.24) is 10.9 Å². The van der Waals surface area contributed by atoms with Crippen LogP contribution in [0.5, 0.6) is 23.0 Å². The first-order valence-corrected chi connectivity index (χ1v) is 10.7. The Kier molecular flexibility index (Phi) is 8.99. The number of carbonyl (C=O) groups excluding carboxylic acids is 2. The van der Waals surface area contributed by atoms with Gasteiger partial charge in [0.25, 0.3) is 11.8 Å². The first-order valence-electron chi connectivity index (χ1n) is 10.7. The number of rotatable bonds is 10. The van der Waals surface area contributed by atoms with Gasteiger partial charge in [0.05, 0.1) is 40.9 Å². The zero-order valence-corrected chi connectivity index (χ0v) is 20.3. The molecule has 0 radical (unpaired) electrons. The van der Waals surface area contributed by atoms with Gasteiger partial charge in [-0.3, -0.25) is 9.59 Å². The molecule has 3 aromatic rings. The van der Waals surface area contributed by atoms with Gasteiger partial charge in [-0.15, -0.1) is 0 Å². The van der Waals surface area contributed by atoms with E-state index in [1.165, 1.54) is 50.9 Å². The molecule has 2 amide bonds. The predicted octanol–water partition coefficient (Wildman–Crippen LogP) is 3.25. The lowest BCUT2D eigenvalue weighted by Gasteiger charge is -2.07. The van der Waals surface area contributed by atoms with Gasteiger partial charge in [0.15, 0.2) is 0 Å². The molecular weight excluding hydrogens is 464 g/mol. The number of amides is 2. The normalized spacial score (nSPS) is 10.8. The third-order valence-corrected chi connectivity index (χ3v) is 5.02. The van der Waals surface area contributed by atoms with Crippen LogP contribution in [-0.4, -0.2) is 52.7 Å². The molecule has 2 N–H and O–H groups in total. The molecule has 10 heteroatoms. The smallest absolute Gasteiger partial charge is 0.271 e. The zero-order valence-electron chi connectivity index (χ0n) is 20.3. The molecule has 0 aliphatic carbocycles. The molecule has 3 rings (SSSR count). The number of nitrogens with zero attached hydrogens (tertiary/aromatic N) is 2. The van der Waals surface area contributed by atoms with Crippen LogP contribution in [-0.2, 0) is 0 Å². The molecule has 0 aliphatic rings. The number of ether oxygens (including phenoxy) is 4. The average molecular weight is 491 g/mol. The van der Waals surface area contributed by atoms with Crippen LogP contribution in [0, 0.1) is 0 Å². The number of hydrogen-bond acceptors (Lipinski definition) is 8. The van der Waals surface area contributed by atoms with Crippen molar-refractivity contribution >= 4 is 24.2 Å². The van der Waals surface area contributed by atoms with Crippen molar-refractivity contribution in [2.75, 3.05) is 28.4 Å². The van der Waals surface area contributed by atoms with Crippen LogP contribution >= 0.6 is 0 Å². The van der Waals surface area contributed by atoms with Gasteiger partial charge in [0.1, 0.15) is 23.0 Å². The van der Waals surface area contributed by atoms with E-state index in [0.29, 0.717) is 45.3 Å². The van der Waals surface area contributed by atoms with Crippen LogP contribution in [0.2, 0.25) is 0 Å². The lowest BCUT2D eigenvalue weighted by atomic mass is 10.1. The van der Waals surface area contributed by atoms with Crippen LogP contribution in [0.3, 0.4) is 0 Å². The number of hydrazone groups is 2. The van der Waals surface area contributed by atoms with Crippen LogP contribution in [0.1, 0.15) is 31.8 Å². The summed E-state index contributed by atoms with van der Waals surface area (Å²) < 4.78 is 20.9. The second-order valence-corrected chi connectivity index (χ2v) is 7.19. The number of nitrogens with one attached hydrogen (secondary N) is 2. The monoisotopic (exact) mass is 490 g/mol. The number of carbonyl (C=O) groups is 2. The van der Waals surface area contributed by atoms with Crippen molar-refractivity contribution in [2.24, 2.45) is 10.2 Å². The summed E-state index contributed by atoms with van der Waals surface area (Å²) in [6.07, 6.45) is 2.91. The maximum Gasteiger partial charge on any atom is 0.271 e. The Labute approximate surface area is 208 Å². The summed E-state index contributed by atoms with van der Waals surface area (Å²) in [5, 5.41) is 7.96. The Balaban J connectivity index is 1.60. The summed E-state index contributed by atoms with van der Waals surface area (Å²) in [4.78, 5) is 24.8. The fraction of sp³-hybridized carbons (Fsp3) is 0.154. The van der Waals surface area contributed by atoms with E-state index >= 15 is 0 Å².